The molecule has 3 aliphatic rings. The number of aliphatic hydroxyl groups is 1. The van der Waals surface area contributed by atoms with Crippen LogP contribution in [0.5, 0.6) is 0 Å². The van der Waals surface area contributed by atoms with Gasteiger partial charge in [-0.15, -0.1) is 0 Å². The van der Waals surface area contributed by atoms with Gasteiger partial charge in [0.15, 0.2) is 5.78 Å². The lowest BCUT2D eigenvalue weighted by Gasteiger charge is -2.31. The molecule has 6 nitrogen and oxygen atoms in total. The van der Waals surface area contributed by atoms with Gasteiger partial charge in [-0.25, -0.2) is 0 Å². The van der Waals surface area contributed by atoms with Crippen LogP contribution in [0.15, 0.2) is 30.3 Å². The maximum absolute atomic E-state index is 13.4. The van der Waals surface area contributed by atoms with E-state index in [-0.39, 0.29) is 23.8 Å². The second-order valence-electron chi connectivity index (χ2n) is 9.69. The lowest BCUT2D eigenvalue weighted by atomic mass is 9.73. The van der Waals surface area contributed by atoms with Gasteiger partial charge in [0.1, 0.15) is 0 Å². The van der Waals surface area contributed by atoms with Gasteiger partial charge >= 0.3 is 0 Å². The van der Waals surface area contributed by atoms with Crippen molar-refractivity contribution in [1.29, 1.82) is 10.5 Å². The van der Waals surface area contributed by atoms with Gasteiger partial charge < -0.3 is 9.67 Å². The van der Waals surface area contributed by atoms with Crippen LogP contribution < -0.4 is 0 Å². The minimum absolute atomic E-state index is 0.102. The third kappa shape index (κ3) is 3.54. The molecular formula is C26H28N4O2. The zero-order valence-corrected chi connectivity index (χ0v) is 18.4. The highest BCUT2D eigenvalue weighted by atomic mass is 16.3. The van der Waals surface area contributed by atoms with E-state index in [0.29, 0.717) is 24.1 Å². The summed E-state index contributed by atoms with van der Waals surface area (Å²) in [6.45, 7) is 2.34. The number of carbonyl (C=O) groups is 1. The summed E-state index contributed by atoms with van der Waals surface area (Å²) < 4.78 is 2.14. The summed E-state index contributed by atoms with van der Waals surface area (Å²) in [5.74, 6) is 0.710. The van der Waals surface area contributed by atoms with Gasteiger partial charge in [-0.05, 0) is 81.7 Å². The Balaban J connectivity index is 1.44. The van der Waals surface area contributed by atoms with Crippen LogP contribution in [0.2, 0.25) is 0 Å². The molecule has 0 amide bonds. The molecule has 3 fully saturated rings. The molecule has 0 radical (unpaired) electrons. The largest absolute Gasteiger partial charge is 0.391 e. The van der Waals surface area contributed by atoms with E-state index in [1.807, 2.05) is 25.1 Å². The normalized spacial score (nSPS) is 28.8. The highest BCUT2D eigenvalue weighted by Gasteiger charge is 2.46. The molecule has 1 N–H and O–H groups in total. The fraction of sp³-hybridized carbons (Fsp3) is 0.500. The van der Waals surface area contributed by atoms with Gasteiger partial charge in [-0.2, -0.15) is 10.5 Å². The number of nitriles is 2. The van der Waals surface area contributed by atoms with Gasteiger partial charge in [-0.3, -0.25) is 9.69 Å². The van der Waals surface area contributed by atoms with E-state index >= 15 is 0 Å². The van der Waals surface area contributed by atoms with Gasteiger partial charge in [0.05, 0.1) is 30.4 Å². The molecule has 2 bridgehead atoms. The monoisotopic (exact) mass is 428 g/mol. The average Bonchev–Trinajstić information content (AvgIpc) is 3.40. The Bertz CT molecular complexity index is 1110. The number of hydrogen-bond donors (Lipinski definition) is 1. The lowest BCUT2D eigenvalue weighted by Crippen LogP contribution is -2.36. The Hall–Kier alpha value is -2.93. The Labute approximate surface area is 188 Å². The molecule has 1 aromatic heterocycles. The molecular weight excluding hydrogens is 400 g/mol. The van der Waals surface area contributed by atoms with Crippen LogP contribution in [-0.4, -0.2) is 45.1 Å². The number of carbonyl (C=O) groups excluding carboxylic acids is 1. The van der Waals surface area contributed by atoms with E-state index in [4.69, 9.17) is 10.5 Å². The van der Waals surface area contributed by atoms with E-state index in [2.05, 4.69) is 21.6 Å². The molecule has 0 spiro atoms. The standard InChI is InChI=1S/C26H28N4O2/c1-16-23(26(32)15-29-21-6-7-24(29)25(31)12-21)11-22(10-18-8-19(9-18)14-28)30(16)20-4-2-17(13-27)3-5-20/h2-5,11,18-19,21,24-25,31H,6-10,12,15H2,1H3/t18-,19-,21?,24?,25-/m0/s1. The quantitative estimate of drug-likeness (QED) is 0.711. The molecule has 2 saturated heterocycles. The van der Waals surface area contributed by atoms with Crippen LogP contribution in [-0.2, 0) is 6.42 Å². The SMILES string of the molecule is Cc1c(C(=O)CN2C3CCC2[C@@H](O)C3)cc(C[C@H]2C[C@H](C#N)C2)n1-c1ccc(C#N)cc1. The molecule has 2 unspecified atom stereocenters. The van der Waals surface area contributed by atoms with E-state index in [1.165, 1.54) is 0 Å². The number of hydrogen-bond acceptors (Lipinski definition) is 5. The number of ketones is 1. The number of aromatic nitrogens is 1. The van der Waals surface area contributed by atoms with Crippen molar-refractivity contribution in [2.75, 3.05) is 6.54 Å². The fourth-order valence-electron chi connectivity index (χ4n) is 6.02. The van der Waals surface area contributed by atoms with Crippen LogP contribution >= 0.6 is 0 Å². The van der Waals surface area contributed by atoms with Crippen molar-refractivity contribution >= 4 is 5.78 Å². The van der Waals surface area contributed by atoms with Crippen molar-refractivity contribution in [3.8, 4) is 17.8 Å². The zero-order chi connectivity index (χ0) is 22.4. The first-order valence-corrected chi connectivity index (χ1v) is 11.6. The van der Waals surface area contributed by atoms with Crippen LogP contribution in [0, 0.1) is 41.4 Å². The Morgan fingerprint density at radius 3 is 2.50 bits per heavy atom. The molecule has 2 aliphatic heterocycles. The van der Waals surface area contributed by atoms with Crippen LogP contribution in [0.25, 0.3) is 5.69 Å². The molecule has 5 rings (SSSR count). The minimum Gasteiger partial charge on any atom is -0.391 e. The molecule has 164 valence electrons. The lowest BCUT2D eigenvalue weighted by molar-refractivity contribution is 0.0873. The van der Waals surface area contributed by atoms with Crippen LogP contribution in [0.1, 0.15) is 59.4 Å². The summed E-state index contributed by atoms with van der Waals surface area (Å²) in [7, 11) is 0. The number of aliphatic hydroxyl groups excluding tert-OH is 1. The zero-order valence-electron chi connectivity index (χ0n) is 18.4. The predicted octanol–water partition coefficient (Wildman–Crippen LogP) is 3.53. The molecule has 6 heteroatoms. The summed E-state index contributed by atoms with van der Waals surface area (Å²) in [5.41, 5.74) is 4.29. The molecule has 3 heterocycles. The number of benzene rings is 1. The first-order chi connectivity index (χ1) is 15.5. The maximum Gasteiger partial charge on any atom is 0.178 e. The molecule has 1 aromatic carbocycles. The fourth-order valence-corrected chi connectivity index (χ4v) is 6.02. The van der Waals surface area contributed by atoms with Crippen molar-refractivity contribution in [1.82, 2.24) is 9.47 Å². The third-order valence-corrected chi connectivity index (χ3v) is 7.77. The average molecular weight is 429 g/mol. The molecule has 32 heavy (non-hydrogen) atoms. The van der Waals surface area contributed by atoms with Gasteiger partial charge in [0.2, 0.25) is 0 Å². The Morgan fingerprint density at radius 1 is 1.16 bits per heavy atom. The van der Waals surface area contributed by atoms with E-state index in [0.717, 1.165) is 61.2 Å². The summed E-state index contributed by atoms with van der Waals surface area (Å²) in [4.78, 5) is 15.6. The van der Waals surface area contributed by atoms with Crippen LogP contribution in [0.3, 0.4) is 0 Å². The molecule has 2 aromatic rings. The maximum atomic E-state index is 13.4. The van der Waals surface area contributed by atoms with Crippen molar-refractivity contribution in [2.45, 2.75) is 63.6 Å². The third-order valence-electron chi connectivity index (χ3n) is 7.77. The van der Waals surface area contributed by atoms with Gasteiger partial charge in [0, 0.05) is 40.6 Å². The second-order valence-corrected chi connectivity index (χ2v) is 9.69. The molecule has 1 aliphatic carbocycles. The topological polar surface area (TPSA) is 93.1 Å². The van der Waals surface area contributed by atoms with E-state index in [9.17, 15) is 9.90 Å². The summed E-state index contributed by atoms with van der Waals surface area (Å²) in [6.07, 6.45) is 5.15. The molecule has 3 atom stereocenters. The number of fused-ring (bicyclic) bond motifs is 2. The summed E-state index contributed by atoms with van der Waals surface area (Å²) in [6, 6.07) is 14.4. The van der Waals surface area contributed by atoms with Crippen molar-refractivity contribution in [3.63, 3.8) is 0 Å². The van der Waals surface area contributed by atoms with Gasteiger partial charge in [0.25, 0.3) is 0 Å². The smallest absolute Gasteiger partial charge is 0.178 e. The highest BCUT2D eigenvalue weighted by Crippen LogP contribution is 2.39. The summed E-state index contributed by atoms with van der Waals surface area (Å²) >= 11 is 0. The summed E-state index contributed by atoms with van der Waals surface area (Å²) in [5, 5.41) is 28.5. The van der Waals surface area contributed by atoms with Crippen molar-refractivity contribution in [3.05, 3.63) is 52.8 Å². The van der Waals surface area contributed by atoms with E-state index in [1.54, 1.807) is 12.1 Å². The van der Waals surface area contributed by atoms with E-state index < -0.39 is 0 Å². The first-order valence-electron chi connectivity index (χ1n) is 11.6. The number of rotatable bonds is 6. The number of nitrogens with zero attached hydrogens (tertiary/aromatic N) is 4. The Kier molecular flexibility index (Phi) is 5.37. The number of Topliss-reactive ketones (excluding diaryl/α,β-unsaturated/α-hetero) is 1. The van der Waals surface area contributed by atoms with Gasteiger partial charge in [-0.1, -0.05) is 0 Å². The second kappa shape index (κ2) is 8.20. The van der Waals surface area contributed by atoms with Crippen molar-refractivity contribution < 1.29 is 9.90 Å². The highest BCUT2D eigenvalue weighted by molar-refractivity contribution is 5.99. The minimum atomic E-state index is -0.312. The predicted molar refractivity (Wildman–Crippen MR) is 119 cm³/mol. The van der Waals surface area contributed by atoms with Crippen molar-refractivity contribution in [2.24, 2.45) is 11.8 Å². The first kappa shape index (κ1) is 20.9. The molecule has 1 saturated carbocycles. The Morgan fingerprint density at radius 2 is 1.91 bits per heavy atom. The van der Waals surface area contributed by atoms with Crippen LogP contribution in [0.4, 0.5) is 0 Å².